The monoisotopic (exact) mass is 235 g/mol. The minimum atomic E-state index is -0.393. The Morgan fingerprint density at radius 2 is 1.06 bits per heavy atom. The fraction of sp³-hybridized carbons (Fsp3) is 0. The van der Waals surface area contributed by atoms with Crippen LogP contribution in [-0.4, -0.2) is 0 Å². The van der Waals surface area contributed by atoms with E-state index in [0.717, 1.165) is 0 Å². The molecule has 0 fully saturated rings. The van der Waals surface area contributed by atoms with Gasteiger partial charge in [-0.3, -0.25) is 0 Å². The first-order chi connectivity index (χ1) is 8.27. The van der Waals surface area contributed by atoms with Crippen molar-refractivity contribution >= 4 is 11.4 Å². The van der Waals surface area contributed by atoms with E-state index in [1.54, 1.807) is 36.4 Å². The minimum Gasteiger partial charge on any atom is -0.301 e. The van der Waals surface area contributed by atoms with Crippen LogP contribution >= 0.6 is 0 Å². The molecule has 0 radical (unpaired) electrons. The first-order valence-electron chi connectivity index (χ1n) is 5.03. The van der Waals surface area contributed by atoms with E-state index >= 15 is 0 Å². The zero-order valence-corrected chi connectivity index (χ0v) is 8.87. The molecule has 0 atom stereocenters. The Kier molecular flexibility index (Phi) is 3.52. The van der Waals surface area contributed by atoms with E-state index < -0.39 is 11.6 Å². The molecule has 0 aliphatic carbocycles. The summed E-state index contributed by atoms with van der Waals surface area (Å²) in [4.78, 5) is 0. The maximum Gasteiger partial charge on any atom is 0.147 e. The molecule has 0 aromatic heterocycles. The van der Waals surface area contributed by atoms with Gasteiger partial charge in [-0.05, 0) is 24.3 Å². The maximum atomic E-state index is 13.2. The molecule has 2 rings (SSSR count). The average molecular weight is 235 g/mol. The van der Waals surface area contributed by atoms with Crippen LogP contribution in [0.3, 0.4) is 0 Å². The summed E-state index contributed by atoms with van der Waals surface area (Å²) >= 11 is 0. The predicted molar refractivity (Wildman–Crippen MR) is 63.2 cm³/mol. The number of benzene rings is 2. The van der Waals surface area contributed by atoms with Gasteiger partial charge in [-0.2, -0.15) is 0 Å². The SMILES string of the molecule is Fc1ccccc1NNNc1ccccc1F. The van der Waals surface area contributed by atoms with Crippen LogP contribution in [0.25, 0.3) is 0 Å². The summed E-state index contributed by atoms with van der Waals surface area (Å²) in [5.41, 5.74) is 8.24. The molecule has 0 heterocycles. The Morgan fingerprint density at radius 1 is 0.647 bits per heavy atom. The second-order valence-corrected chi connectivity index (χ2v) is 3.33. The van der Waals surface area contributed by atoms with Crippen LogP contribution in [0.5, 0.6) is 0 Å². The van der Waals surface area contributed by atoms with Gasteiger partial charge in [0, 0.05) is 0 Å². The molecule has 17 heavy (non-hydrogen) atoms. The summed E-state index contributed by atoms with van der Waals surface area (Å²) in [5, 5.41) is 0. The molecule has 0 saturated carbocycles. The maximum absolute atomic E-state index is 13.2. The van der Waals surface area contributed by atoms with E-state index in [9.17, 15) is 8.78 Å². The summed E-state index contributed by atoms with van der Waals surface area (Å²) in [5.74, 6) is -0.786. The molecule has 0 aliphatic heterocycles. The highest BCUT2D eigenvalue weighted by atomic mass is 19.1. The molecule has 3 N–H and O–H groups in total. The van der Waals surface area contributed by atoms with Crippen LogP contribution in [0, 0.1) is 11.6 Å². The molecule has 5 heteroatoms. The molecular formula is C12H11F2N3. The van der Waals surface area contributed by atoms with Crippen molar-refractivity contribution in [3.05, 3.63) is 60.2 Å². The van der Waals surface area contributed by atoms with Gasteiger partial charge in [0.1, 0.15) is 11.6 Å². The van der Waals surface area contributed by atoms with E-state index in [1.165, 1.54) is 12.1 Å². The van der Waals surface area contributed by atoms with Gasteiger partial charge in [0.15, 0.2) is 0 Å². The van der Waals surface area contributed by atoms with Crippen LogP contribution < -0.4 is 16.4 Å². The smallest absolute Gasteiger partial charge is 0.147 e. The molecule has 2 aromatic carbocycles. The van der Waals surface area contributed by atoms with E-state index in [-0.39, 0.29) is 11.4 Å². The van der Waals surface area contributed by atoms with Crippen LogP contribution in [0.4, 0.5) is 20.2 Å². The number of para-hydroxylation sites is 2. The topological polar surface area (TPSA) is 36.1 Å². The first kappa shape index (κ1) is 11.3. The normalized spacial score (nSPS) is 10.0. The lowest BCUT2D eigenvalue weighted by Gasteiger charge is -2.11. The zero-order valence-electron chi connectivity index (χ0n) is 8.87. The van der Waals surface area contributed by atoms with Crippen LogP contribution in [0.1, 0.15) is 0 Å². The van der Waals surface area contributed by atoms with Crippen molar-refractivity contribution < 1.29 is 8.78 Å². The van der Waals surface area contributed by atoms with E-state index in [0.29, 0.717) is 0 Å². The van der Waals surface area contributed by atoms with Gasteiger partial charge in [0.2, 0.25) is 0 Å². The molecule has 0 spiro atoms. The number of anilines is 2. The summed E-state index contributed by atoms with van der Waals surface area (Å²) in [7, 11) is 0. The van der Waals surface area contributed by atoms with Crippen molar-refractivity contribution in [3.8, 4) is 0 Å². The van der Waals surface area contributed by atoms with Crippen molar-refractivity contribution in [1.29, 1.82) is 0 Å². The van der Waals surface area contributed by atoms with Crippen molar-refractivity contribution in [2.75, 3.05) is 10.9 Å². The summed E-state index contributed by atoms with van der Waals surface area (Å²) in [6.45, 7) is 0. The Morgan fingerprint density at radius 3 is 1.47 bits per heavy atom. The van der Waals surface area contributed by atoms with Gasteiger partial charge < -0.3 is 10.9 Å². The lowest BCUT2D eigenvalue weighted by Crippen LogP contribution is -2.29. The molecule has 0 saturated heterocycles. The highest BCUT2D eigenvalue weighted by molar-refractivity contribution is 5.46. The van der Waals surface area contributed by atoms with Crippen molar-refractivity contribution in [1.82, 2.24) is 5.53 Å². The summed E-state index contributed by atoms with van der Waals surface area (Å²) in [6.07, 6.45) is 0. The number of rotatable bonds is 4. The Hall–Kier alpha value is -2.14. The largest absolute Gasteiger partial charge is 0.301 e. The first-order valence-corrected chi connectivity index (χ1v) is 5.03. The third-order valence-corrected chi connectivity index (χ3v) is 2.14. The van der Waals surface area contributed by atoms with Crippen molar-refractivity contribution in [2.24, 2.45) is 0 Å². The molecule has 88 valence electrons. The van der Waals surface area contributed by atoms with Crippen molar-refractivity contribution in [3.63, 3.8) is 0 Å². The predicted octanol–water partition coefficient (Wildman–Crippen LogP) is 2.91. The molecule has 0 amide bonds. The summed E-state index contributed by atoms with van der Waals surface area (Å²) in [6, 6.07) is 12.3. The number of hydrogen-bond donors (Lipinski definition) is 3. The van der Waals surface area contributed by atoms with Crippen LogP contribution in [0.2, 0.25) is 0 Å². The van der Waals surface area contributed by atoms with Crippen molar-refractivity contribution in [2.45, 2.75) is 0 Å². The van der Waals surface area contributed by atoms with Gasteiger partial charge in [-0.25, -0.2) is 8.78 Å². The molecule has 3 nitrogen and oxygen atoms in total. The van der Waals surface area contributed by atoms with Crippen LogP contribution in [0.15, 0.2) is 48.5 Å². The second kappa shape index (κ2) is 5.27. The average Bonchev–Trinajstić information content (AvgIpc) is 2.34. The van der Waals surface area contributed by atoms with Gasteiger partial charge in [-0.15, -0.1) is 5.53 Å². The number of nitrogens with one attached hydrogen (secondary N) is 3. The Labute approximate surface area is 97.4 Å². The Balaban J connectivity index is 1.93. The number of halogens is 2. The highest BCUT2D eigenvalue weighted by Gasteiger charge is 2.00. The molecule has 2 aromatic rings. The summed E-state index contributed by atoms with van der Waals surface area (Å²) < 4.78 is 26.4. The van der Waals surface area contributed by atoms with E-state index in [2.05, 4.69) is 16.4 Å². The zero-order chi connectivity index (χ0) is 12.1. The van der Waals surface area contributed by atoms with Gasteiger partial charge >= 0.3 is 0 Å². The molecule has 0 bridgehead atoms. The van der Waals surface area contributed by atoms with Gasteiger partial charge in [0.05, 0.1) is 11.4 Å². The molecule has 0 unspecified atom stereocenters. The van der Waals surface area contributed by atoms with Crippen LogP contribution in [-0.2, 0) is 0 Å². The van der Waals surface area contributed by atoms with Gasteiger partial charge in [-0.1, -0.05) is 24.3 Å². The fourth-order valence-electron chi connectivity index (χ4n) is 1.29. The number of hydrogen-bond acceptors (Lipinski definition) is 3. The Bertz CT molecular complexity index is 457. The fourth-order valence-corrected chi connectivity index (χ4v) is 1.29. The lowest BCUT2D eigenvalue weighted by molar-refractivity contribution is 0.624. The van der Waals surface area contributed by atoms with Gasteiger partial charge in [0.25, 0.3) is 0 Å². The molecular weight excluding hydrogens is 224 g/mol. The second-order valence-electron chi connectivity index (χ2n) is 3.33. The number of hydrazine groups is 2. The quantitative estimate of drug-likeness (QED) is 0.713. The third kappa shape index (κ3) is 2.92. The molecule has 0 aliphatic rings. The minimum absolute atomic E-state index is 0.274. The lowest BCUT2D eigenvalue weighted by atomic mass is 10.3. The highest BCUT2D eigenvalue weighted by Crippen LogP contribution is 2.12. The standard InChI is InChI=1S/C12H11F2N3/c13-9-5-1-3-7-11(9)15-17-16-12-8-4-2-6-10(12)14/h1-8,15-17H. The van der Waals surface area contributed by atoms with E-state index in [1.807, 2.05) is 0 Å². The van der Waals surface area contributed by atoms with E-state index in [4.69, 9.17) is 0 Å². The third-order valence-electron chi connectivity index (χ3n) is 2.14.